The maximum Gasteiger partial charge on any atom is 0.416 e. The average molecular weight is 364 g/mol. The summed E-state index contributed by atoms with van der Waals surface area (Å²) in [6.45, 7) is 6.79. The van der Waals surface area contributed by atoms with Gasteiger partial charge < -0.3 is 9.64 Å². The number of halogens is 3. The van der Waals surface area contributed by atoms with Gasteiger partial charge in [-0.25, -0.2) is 4.99 Å². The third kappa shape index (κ3) is 5.25. The molecule has 0 aliphatic rings. The molecule has 26 heavy (non-hydrogen) atoms. The molecule has 0 N–H and O–H groups in total. The van der Waals surface area contributed by atoms with E-state index in [4.69, 9.17) is 4.74 Å². The first kappa shape index (κ1) is 19.8. The van der Waals surface area contributed by atoms with E-state index >= 15 is 0 Å². The normalized spacial score (nSPS) is 11.8. The van der Waals surface area contributed by atoms with Crippen LogP contribution in [0.5, 0.6) is 5.75 Å². The van der Waals surface area contributed by atoms with Gasteiger partial charge in [-0.05, 0) is 61.7 Å². The Morgan fingerprint density at radius 3 is 2.50 bits per heavy atom. The van der Waals surface area contributed by atoms with E-state index in [1.54, 1.807) is 12.4 Å². The minimum atomic E-state index is -4.35. The van der Waals surface area contributed by atoms with Crippen molar-refractivity contribution in [2.24, 2.45) is 4.99 Å². The van der Waals surface area contributed by atoms with Crippen LogP contribution in [-0.4, -0.2) is 24.8 Å². The van der Waals surface area contributed by atoms with Crippen LogP contribution in [0.2, 0.25) is 0 Å². The molecule has 0 amide bonds. The summed E-state index contributed by atoms with van der Waals surface area (Å²) in [5.74, 6) is 0.641. The molecule has 0 aliphatic heterocycles. The van der Waals surface area contributed by atoms with Crippen molar-refractivity contribution in [3.05, 3.63) is 58.7 Å². The molecule has 0 atom stereocenters. The van der Waals surface area contributed by atoms with E-state index in [1.807, 2.05) is 44.9 Å². The first-order chi connectivity index (χ1) is 12.2. The lowest BCUT2D eigenvalue weighted by molar-refractivity contribution is -0.137. The zero-order chi connectivity index (χ0) is 19.3. The van der Waals surface area contributed by atoms with Crippen LogP contribution in [-0.2, 0) is 12.8 Å². The van der Waals surface area contributed by atoms with Gasteiger partial charge in [-0.1, -0.05) is 12.1 Å². The highest BCUT2D eigenvalue weighted by atomic mass is 19.4. The largest absolute Gasteiger partial charge is 0.489 e. The third-order valence-electron chi connectivity index (χ3n) is 4.03. The van der Waals surface area contributed by atoms with Crippen LogP contribution >= 0.6 is 0 Å². The molecule has 0 saturated heterocycles. The number of hydrogen-bond acceptors (Lipinski definition) is 2. The first-order valence-corrected chi connectivity index (χ1v) is 8.35. The molecule has 6 heteroatoms. The quantitative estimate of drug-likeness (QED) is 0.498. The summed E-state index contributed by atoms with van der Waals surface area (Å²) in [6, 6.07) is 8.96. The summed E-state index contributed by atoms with van der Waals surface area (Å²) in [7, 11) is 1.94. The molecule has 140 valence electrons. The van der Waals surface area contributed by atoms with Gasteiger partial charge >= 0.3 is 6.18 Å². The number of nitrogens with zero attached hydrogens (tertiary/aromatic N) is 2. The van der Waals surface area contributed by atoms with Gasteiger partial charge in [-0.3, -0.25) is 0 Å². The van der Waals surface area contributed by atoms with Crippen LogP contribution in [0.4, 0.5) is 18.9 Å². The second-order valence-corrected chi connectivity index (χ2v) is 6.21. The van der Waals surface area contributed by atoms with Crippen LogP contribution in [0.25, 0.3) is 0 Å². The Labute approximate surface area is 152 Å². The Kier molecular flexibility index (Phi) is 6.29. The van der Waals surface area contributed by atoms with Crippen molar-refractivity contribution in [2.45, 2.75) is 33.6 Å². The smallest absolute Gasteiger partial charge is 0.416 e. The van der Waals surface area contributed by atoms with Crippen molar-refractivity contribution < 1.29 is 17.9 Å². The predicted octanol–water partition coefficient (Wildman–Crippen LogP) is 5.51. The minimum Gasteiger partial charge on any atom is -0.489 e. The van der Waals surface area contributed by atoms with Crippen molar-refractivity contribution >= 4 is 12.0 Å². The molecule has 0 radical (unpaired) electrons. The van der Waals surface area contributed by atoms with Crippen molar-refractivity contribution in [3.8, 4) is 5.75 Å². The number of rotatable bonds is 6. The lowest BCUT2D eigenvalue weighted by Crippen LogP contribution is -2.14. The number of benzene rings is 2. The van der Waals surface area contributed by atoms with Gasteiger partial charge in [0.25, 0.3) is 0 Å². The molecule has 0 heterocycles. The van der Waals surface area contributed by atoms with Gasteiger partial charge in [0.05, 0.1) is 17.6 Å². The topological polar surface area (TPSA) is 24.8 Å². The lowest BCUT2D eigenvalue weighted by Gasteiger charge is -2.14. The molecule has 0 unspecified atom stereocenters. The Hall–Kier alpha value is -2.50. The Bertz CT molecular complexity index is 785. The SMILES string of the molecule is CCN(C)C=Nc1cc(C)c(OCc2cccc(C(F)(F)F)c2)cc1C. The van der Waals surface area contributed by atoms with Crippen molar-refractivity contribution in [1.29, 1.82) is 0 Å². The van der Waals surface area contributed by atoms with Crippen LogP contribution in [0.3, 0.4) is 0 Å². The van der Waals surface area contributed by atoms with Crippen LogP contribution in [0, 0.1) is 13.8 Å². The van der Waals surface area contributed by atoms with E-state index in [1.165, 1.54) is 6.07 Å². The minimum absolute atomic E-state index is 0.0748. The molecule has 0 saturated carbocycles. The summed E-state index contributed by atoms with van der Waals surface area (Å²) >= 11 is 0. The molecule has 0 fully saturated rings. The summed E-state index contributed by atoms with van der Waals surface area (Å²) in [5.41, 5.74) is 2.47. The zero-order valence-corrected chi connectivity index (χ0v) is 15.4. The van der Waals surface area contributed by atoms with Crippen LogP contribution in [0.1, 0.15) is 29.2 Å². The summed E-state index contributed by atoms with van der Waals surface area (Å²) < 4.78 is 44.1. The highest BCUT2D eigenvalue weighted by Crippen LogP contribution is 2.31. The van der Waals surface area contributed by atoms with E-state index in [9.17, 15) is 13.2 Å². The summed E-state index contributed by atoms with van der Waals surface area (Å²) in [6.07, 6.45) is -2.58. The van der Waals surface area contributed by atoms with E-state index in [0.717, 1.165) is 35.5 Å². The van der Waals surface area contributed by atoms with Crippen molar-refractivity contribution in [3.63, 3.8) is 0 Å². The molecule has 0 bridgehead atoms. The Balaban J connectivity index is 2.13. The fourth-order valence-electron chi connectivity index (χ4n) is 2.31. The fraction of sp³-hybridized carbons (Fsp3) is 0.350. The number of aliphatic imine (C=N–C) groups is 1. The number of alkyl halides is 3. The van der Waals surface area contributed by atoms with Crippen molar-refractivity contribution in [1.82, 2.24) is 4.90 Å². The summed E-state index contributed by atoms with van der Waals surface area (Å²) in [4.78, 5) is 6.42. The highest BCUT2D eigenvalue weighted by Gasteiger charge is 2.30. The van der Waals surface area contributed by atoms with Gasteiger partial charge in [0.2, 0.25) is 0 Å². The standard InChI is InChI=1S/C20H23F3N2O/c1-5-25(4)13-24-18-9-15(3)19(10-14(18)2)26-12-16-7-6-8-17(11-16)20(21,22)23/h6-11,13H,5,12H2,1-4H3. The Morgan fingerprint density at radius 2 is 1.85 bits per heavy atom. The van der Waals surface area contributed by atoms with Gasteiger partial charge in [-0.15, -0.1) is 0 Å². The number of aryl methyl sites for hydroxylation is 2. The van der Waals surface area contributed by atoms with Gasteiger partial charge in [0.1, 0.15) is 12.4 Å². The molecule has 0 spiro atoms. The van der Waals surface area contributed by atoms with Gasteiger partial charge in [0.15, 0.2) is 0 Å². The second-order valence-electron chi connectivity index (χ2n) is 6.21. The van der Waals surface area contributed by atoms with Gasteiger partial charge in [-0.2, -0.15) is 13.2 Å². The van der Waals surface area contributed by atoms with E-state index in [0.29, 0.717) is 11.3 Å². The molecule has 2 aromatic rings. The average Bonchev–Trinajstić information content (AvgIpc) is 2.60. The predicted molar refractivity (Wildman–Crippen MR) is 98.1 cm³/mol. The molecular formula is C20H23F3N2O. The van der Waals surface area contributed by atoms with Crippen molar-refractivity contribution in [2.75, 3.05) is 13.6 Å². The molecule has 0 aliphatic carbocycles. The monoisotopic (exact) mass is 364 g/mol. The second kappa shape index (κ2) is 8.25. The van der Waals surface area contributed by atoms with E-state index < -0.39 is 11.7 Å². The number of hydrogen-bond donors (Lipinski definition) is 0. The maximum absolute atomic E-state index is 12.8. The molecule has 2 rings (SSSR count). The molecule has 2 aromatic carbocycles. The fourth-order valence-corrected chi connectivity index (χ4v) is 2.31. The van der Waals surface area contributed by atoms with Gasteiger partial charge in [0, 0.05) is 13.6 Å². The van der Waals surface area contributed by atoms with Crippen LogP contribution < -0.4 is 4.74 Å². The Morgan fingerprint density at radius 1 is 1.12 bits per heavy atom. The maximum atomic E-state index is 12.8. The molecular weight excluding hydrogens is 341 g/mol. The molecule has 0 aromatic heterocycles. The zero-order valence-electron chi connectivity index (χ0n) is 15.4. The number of ether oxygens (including phenoxy) is 1. The van der Waals surface area contributed by atoms with E-state index in [2.05, 4.69) is 4.99 Å². The first-order valence-electron chi connectivity index (χ1n) is 8.35. The molecule has 3 nitrogen and oxygen atoms in total. The summed E-state index contributed by atoms with van der Waals surface area (Å²) in [5, 5.41) is 0. The van der Waals surface area contributed by atoms with E-state index in [-0.39, 0.29) is 6.61 Å². The third-order valence-corrected chi connectivity index (χ3v) is 4.03. The lowest BCUT2D eigenvalue weighted by atomic mass is 10.1. The highest BCUT2D eigenvalue weighted by molar-refractivity contribution is 5.64. The van der Waals surface area contributed by atoms with Crippen LogP contribution in [0.15, 0.2) is 41.4 Å².